The number of piperidine rings is 1. The topological polar surface area (TPSA) is 57.2 Å². The molecule has 6 nitrogen and oxygen atoms in total. The SMILES string of the molecule is C=C1C(OC(C)C)c2ccccc2OC12CCN(C(=O)c1ccc(OC(C)C)c(OC)c1)CC2. The number of ether oxygens (including phenoxy) is 4. The van der Waals surface area contributed by atoms with Gasteiger partial charge in [-0.2, -0.15) is 0 Å². The molecule has 2 heterocycles. The zero-order valence-electron chi connectivity index (χ0n) is 20.8. The third-order valence-corrected chi connectivity index (χ3v) is 6.45. The minimum absolute atomic E-state index is 0.0194. The molecule has 2 aliphatic heterocycles. The van der Waals surface area contributed by atoms with Gasteiger partial charge in [-0.05, 0) is 57.5 Å². The number of rotatable bonds is 6. The summed E-state index contributed by atoms with van der Waals surface area (Å²) in [6, 6.07) is 13.4. The molecule has 0 saturated carbocycles. The molecular weight excluding hydrogens is 430 g/mol. The lowest BCUT2D eigenvalue weighted by Crippen LogP contribution is -2.53. The lowest BCUT2D eigenvalue weighted by Gasteiger charge is -2.48. The molecule has 0 bridgehead atoms. The van der Waals surface area contributed by atoms with Crippen LogP contribution in [0.5, 0.6) is 17.2 Å². The highest BCUT2D eigenvalue weighted by atomic mass is 16.5. The first kappa shape index (κ1) is 24.1. The molecule has 0 aliphatic carbocycles. The van der Waals surface area contributed by atoms with E-state index >= 15 is 0 Å². The van der Waals surface area contributed by atoms with E-state index in [0.29, 0.717) is 43.0 Å². The predicted octanol–water partition coefficient (Wildman–Crippen LogP) is 5.57. The van der Waals surface area contributed by atoms with E-state index < -0.39 is 5.60 Å². The molecule has 2 aliphatic rings. The van der Waals surface area contributed by atoms with Gasteiger partial charge in [0.2, 0.25) is 0 Å². The van der Waals surface area contributed by atoms with Crippen LogP contribution in [0.2, 0.25) is 0 Å². The van der Waals surface area contributed by atoms with Gasteiger partial charge in [0.15, 0.2) is 11.5 Å². The Morgan fingerprint density at radius 2 is 1.76 bits per heavy atom. The zero-order chi connectivity index (χ0) is 24.5. The summed E-state index contributed by atoms with van der Waals surface area (Å²) in [7, 11) is 1.58. The van der Waals surface area contributed by atoms with Gasteiger partial charge in [0.25, 0.3) is 5.91 Å². The molecule has 182 valence electrons. The number of likely N-dealkylation sites (tertiary alicyclic amines) is 1. The van der Waals surface area contributed by atoms with Gasteiger partial charge in [-0.15, -0.1) is 0 Å². The maximum atomic E-state index is 13.3. The predicted molar refractivity (Wildman–Crippen MR) is 132 cm³/mol. The fourth-order valence-corrected chi connectivity index (χ4v) is 4.75. The van der Waals surface area contributed by atoms with Crippen LogP contribution in [0.3, 0.4) is 0 Å². The molecule has 1 spiro atoms. The standard InChI is InChI=1S/C28H35NO5/c1-18(2)32-24-12-11-21(17-25(24)31-6)27(30)29-15-13-28(14-16-29)20(5)26(33-19(3)4)22-9-7-8-10-23(22)34-28/h7-12,17-19,26H,5,13-16H2,1-4,6H3. The Balaban J connectivity index is 1.51. The monoisotopic (exact) mass is 465 g/mol. The summed E-state index contributed by atoms with van der Waals surface area (Å²) in [5.74, 6) is 2.00. The van der Waals surface area contributed by atoms with E-state index in [1.54, 1.807) is 25.3 Å². The normalized spacial score (nSPS) is 19.2. The molecule has 34 heavy (non-hydrogen) atoms. The van der Waals surface area contributed by atoms with Crippen LogP contribution < -0.4 is 14.2 Å². The number of fused-ring (bicyclic) bond motifs is 1. The van der Waals surface area contributed by atoms with Crippen molar-refractivity contribution in [2.24, 2.45) is 0 Å². The summed E-state index contributed by atoms with van der Waals surface area (Å²) in [6.07, 6.45) is 1.19. The minimum atomic E-state index is -0.544. The number of hydrogen-bond donors (Lipinski definition) is 0. The second-order valence-electron chi connectivity index (χ2n) is 9.55. The van der Waals surface area contributed by atoms with Crippen molar-refractivity contribution in [3.8, 4) is 17.2 Å². The van der Waals surface area contributed by atoms with Crippen LogP contribution in [0, 0.1) is 0 Å². The summed E-state index contributed by atoms with van der Waals surface area (Å²) in [5.41, 5.74) is 1.99. The Labute approximate surface area is 202 Å². The molecule has 1 atom stereocenters. The van der Waals surface area contributed by atoms with Gasteiger partial charge in [-0.3, -0.25) is 4.79 Å². The average molecular weight is 466 g/mol. The van der Waals surface area contributed by atoms with Crippen molar-refractivity contribution in [1.82, 2.24) is 4.90 Å². The Hall–Kier alpha value is -2.99. The summed E-state index contributed by atoms with van der Waals surface area (Å²) in [5, 5.41) is 0. The van der Waals surface area contributed by atoms with Crippen LogP contribution in [0.25, 0.3) is 0 Å². The van der Waals surface area contributed by atoms with Gasteiger partial charge in [0.1, 0.15) is 17.5 Å². The molecule has 2 aromatic rings. The third kappa shape index (κ3) is 4.64. The molecule has 6 heteroatoms. The highest BCUT2D eigenvalue weighted by Gasteiger charge is 2.47. The van der Waals surface area contributed by atoms with Crippen molar-refractivity contribution < 1.29 is 23.7 Å². The molecule has 2 aromatic carbocycles. The van der Waals surface area contributed by atoms with Crippen LogP contribution in [0.1, 0.15) is 62.6 Å². The molecule has 0 radical (unpaired) electrons. The van der Waals surface area contributed by atoms with E-state index in [-0.39, 0.29) is 24.2 Å². The Kier molecular flexibility index (Phi) is 6.89. The first-order chi connectivity index (χ1) is 16.2. The molecule has 1 saturated heterocycles. The Morgan fingerprint density at radius 1 is 1.06 bits per heavy atom. The summed E-state index contributed by atoms with van der Waals surface area (Å²) in [6.45, 7) is 13.5. The summed E-state index contributed by atoms with van der Waals surface area (Å²) >= 11 is 0. The van der Waals surface area contributed by atoms with Gasteiger partial charge < -0.3 is 23.8 Å². The van der Waals surface area contributed by atoms with Crippen LogP contribution in [-0.2, 0) is 4.74 Å². The van der Waals surface area contributed by atoms with Crippen molar-refractivity contribution in [3.05, 3.63) is 65.7 Å². The minimum Gasteiger partial charge on any atom is -0.493 e. The first-order valence-corrected chi connectivity index (χ1v) is 12.0. The van der Waals surface area contributed by atoms with E-state index in [1.807, 2.05) is 56.9 Å². The van der Waals surface area contributed by atoms with Gasteiger partial charge in [-0.1, -0.05) is 24.8 Å². The second-order valence-corrected chi connectivity index (χ2v) is 9.55. The lowest BCUT2D eigenvalue weighted by molar-refractivity contribution is -0.0390. The van der Waals surface area contributed by atoms with E-state index in [2.05, 4.69) is 6.58 Å². The van der Waals surface area contributed by atoms with Crippen LogP contribution in [0.4, 0.5) is 0 Å². The number of carbonyl (C=O) groups excluding carboxylic acids is 1. The highest BCUT2D eigenvalue weighted by molar-refractivity contribution is 5.95. The summed E-state index contributed by atoms with van der Waals surface area (Å²) in [4.78, 5) is 15.2. The molecule has 1 unspecified atom stereocenters. The quantitative estimate of drug-likeness (QED) is 0.522. The van der Waals surface area contributed by atoms with Gasteiger partial charge in [0.05, 0.1) is 19.3 Å². The molecule has 1 amide bonds. The van der Waals surface area contributed by atoms with Gasteiger partial charge in [0, 0.05) is 37.1 Å². The molecule has 0 aromatic heterocycles. The largest absolute Gasteiger partial charge is 0.493 e. The van der Waals surface area contributed by atoms with E-state index in [4.69, 9.17) is 18.9 Å². The lowest BCUT2D eigenvalue weighted by atomic mass is 9.77. The molecule has 1 fully saturated rings. The number of benzene rings is 2. The van der Waals surface area contributed by atoms with Gasteiger partial charge >= 0.3 is 0 Å². The maximum absolute atomic E-state index is 13.3. The van der Waals surface area contributed by atoms with Gasteiger partial charge in [-0.25, -0.2) is 0 Å². The smallest absolute Gasteiger partial charge is 0.253 e. The molecule has 4 rings (SSSR count). The summed E-state index contributed by atoms with van der Waals surface area (Å²) < 4.78 is 24.1. The van der Waals surface area contributed by atoms with E-state index in [1.165, 1.54) is 0 Å². The molecule has 0 N–H and O–H groups in total. The fourth-order valence-electron chi connectivity index (χ4n) is 4.75. The Morgan fingerprint density at radius 3 is 2.41 bits per heavy atom. The number of carbonyl (C=O) groups is 1. The van der Waals surface area contributed by atoms with Crippen molar-refractivity contribution >= 4 is 5.91 Å². The van der Waals surface area contributed by atoms with E-state index in [0.717, 1.165) is 16.9 Å². The van der Waals surface area contributed by atoms with Crippen LogP contribution in [-0.4, -0.2) is 48.8 Å². The Bertz CT molecular complexity index is 1050. The van der Waals surface area contributed by atoms with E-state index in [9.17, 15) is 4.79 Å². The first-order valence-electron chi connectivity index (χ1n) is 12.0. The second kappa shape index (κ2) is 9.71. The molecular formula is C28H35NO5. The van der Waals surface area contributed by atoms with Crippen molar-refractivity contribution in [2.75, 3.05) is 20.2 Å². The van der Waals surface area contributed by atoms with Crippen molar-refractivity contribution in [1.29, 1.82) is 0 Å². The third-order valence-electron chi connectivity index (χ3n) is 6.45. The fraction of sp³-hybridized carbons (Fsp3) is 0.464. The highest BCUT2D eigenvalue weighted by Crippen LogP contribution is 2.49. The number of nitrogens with zero attached hydrogens (tertiary/aromatic N) is 1. The number of methoxy groups -OCH3 is 1. The van der Waals surface area contributed by atoms with Crippen molar-refractivity contribution in [2.45, 2.75) is 64.4 Å². The van der Waals surface area contributed by atoms with Crippen molar-refractivity contribution in [3.63, 3.8) is 0 Å². The average Bonchev–Trinajstić information content (AvgIpc) is 2.82. The van der Waals surface area contributed by atoms with Crippen LogP contribution >= 0.6 is 0 Å². The number of amides is 1. The maximum Gasteiger partial charge on any atom is 0.253 e. The van der Waals surface area contributed by atoms with Crippen LogP contribution in [0.15, 0.2) is 54.6 Å². The zero-order valence-corrected chi connectivity index (χ0v) is 20.8. The number of hydrogen-bond acceptors (Lipinski definition) is 5. The number of para-hydroxylation sites is 1.